The van der Waals surface area contributed by atoms with Gasteiger partial charge in [-0.2, -0.15) is 9.30 Å². The predicted molar refractivity (Wildman–Crippen MR) is 132 cm³/mol. The molecule has 1 aromatic heterocycles. The maximum Gasteiger partial charge on any atom is 0.279 e. The van der Waals surface area contributed by atoms with Crippen molar-refractivity contribution in [3.63, 3.8) is 0 Å². The lowest BCUT2D eigenvalue weighted by Gasteiger charge is -2.17. The predicted octanol–water partition coefficient (Wildman–Crippen LogP) is 4.42. The molecule has 0 spiro atoms. The third-order valence-corrected chi connectivity index (χ3v) is 8.69. The Kier molecular flexibility index (Phi) is 6.34. The summed E-state index contributed by atoms with van der Waals surface area (Å²) in [6, 6.07) is 19.5. The van der Waals surface area contributed by atoms with Crippen LogP contribution in [0.3, 0.4) is 0 Å². The highest BCUT2D eigenvalue weighted by Gasteiger charge is 2.21. The van der Waals surface area contributed by atoms with E-state index in [0.29, 0.717) is 10.4 Å². The average molecular weight is 480 g/mol. The number of carbonyl (C=O) groups is 1. The van der Waals surface area contributed by atoms with Crippen LogP contribution in [0.2, 0.25) is 0 Å². The Morgan fingerprint density at radius 2 is 1.61 bits per heavy atom. The van der Waals surface area contributed by atoms with Gasteiger partial charge in [0.15, 0.2) is 4.80 Å². The third kappa shape index (κ3) is 4.55. The molecule has 0 atom stereocenters. The second kappa shape index (κ2) is 9.05. The summed E-state index contributed by atoms with van der Waals surface area (Å²) >= 11 is 1.47. The first kappa shape index (κ1) is 23.1. The number of carbonyl (C=O) groups excluding carboxylic acids is 1. The molecule has 3 aromatic carbocycles. The van der Waals surface area contributed by atoms with Gasteiger partial charge >= 0.3 is 0 Å². The fourth-order valence-electron chi connectivity index (χ4n) is 3.70. The topological polar surface area (TPSA) is 71.7 Å². The van der Waals surface area contributed by atoms with Crippen molar-refractivity contribution in [2.45, 2.75) is 25.3 Å². The Labute approximate surface area is 197 Å². The van der Waals surface area contributed by atoms with Crippen LogP contribution < -0.4 is 4.80 Å². The lowest BCUT2D eigenvalue weighted by Crippen LogP contribution is -2.26. The Bertz CT molecular complexity index is 1500. The fraction of sp³-hybridized carbons (Fsp3) is 0.200. The maximum absolute atomic E-state index is 12.9. The Balaban J connectivity index is 1.60. The van der Waals surface area contributed by atoms with Gasteiger partial charge in [-0.25, -0.2) is 8.42 Å². The summed E-state index contributed by atoms with van der Waals surface area (Å²) in [6.45, 7) is 4.34. The highest BCUT2D eigenvalue weighted by molar-refractivity contribution is 7.89. The zero-order chi connectivity index (χ0) is 23.8. The van der Waals surface area contributed by atoms with Gasteiger partial charge in [0.1, 0.15) is 0 Å². The SMILES string of the molecule is Cc1ccc(C)c2c1sc(=NC(=O)c1ccc(S(=O)(=O)N(C)Cc3ccccc3)cc1)n2C. The summed E-state index contributed by atoms with van der Waals surface area (Å²) in [4.78, 5) is 17.9. The number of hydrogen-bond acceptors (Lipinski definition) is 4. The molecule has 0 N–H and O–H groups in total. The van der Waals surface area contributed by atoms with Crippen molar-refractivity contribution in [2.24, 2.45) is 12.0 Å². The molecule has 0 saturated carbocycles. The molecule has 0 aliphatic rings. The second-order valence-electron chi connectivity index (χ2n) is 8.01. The minimum Gasteiger partial charge on any atom is -0.319 e. The first-order valence-electron chi connectivity index (χ1n) is 10.4. The normalized spacial score (nSPS) is 12.6. The highest BCUT2D eigenvalue weighted by atomic mass is 32.2. The number of hydrogen-bond donors (Lipinski definition) is 0. The van der Waals surface area contributed by atoms with Crippen molar-refractivity contribution in [1.29, 1.82) is 0 Å². The van der Waals surface area contributed by atoms with Gasteiger partial charge in [-0.15, -0.1) is 0 Å². The number of fused-ring (bicyclic) bond motifs is 1. The minimum absolute atomic E-state index is 0.135. The lowest BCUT2D eigenvalue weighted by atomic mass is 10.1. The van der Waals surface area contributed by atoms with Gasteiger partial charge in [-0.1, -0.05) is 53.8 Å². The molecule has 4 aromatic rings. The lowest BCUT2D eigenvalue weighted by molar-refractivity contribution is 0.0998. The van der Waals surface area contributed by atoms with E-state index in [1.165, 1.54) is 39.9 Å². The number of aromatic nitrogens is 1. The summed E-state index contributed by atoms with van der Waals surface area (Å²) in [5, 5.41) is 0. The van der Waals surface area contributed by atoms with Crippen LogP contribution in [0, 0.1) is 13.8 Å². The Morgan fingerprint density at radius 3 is 2.24 bits per heavy atom. The largest absolute Gasteiger partial charge is 0.319 e. The van der Waals surface area contributed by atoms with Crippen LogP contribution in [0.25, 0.3) is 10.2 Å². The Hall–Kier alpha value is -3.07. The highest BCUT2D eigenvalue weighted by Crippen LogP contribution is 2.24. The molecule has 8 heteroatoms. The van der Waals surface area contributed by atoms with Crippen LogP contribution in [0.4, 0.5) is 0 Å². The van der Waals surface area contributed by atoms with Crippen molar-refractivity contribution in [3.8, 4) is 0 Å². The Morgan fingerprint density at radius 1 is 0.970 bits per heavy atom. The number of nitrogens with zero attached hydrogens (tertiary/aromatic N) is 3. The smallest absolute Gasteiger partial charge is 0.279 e. The van der Waals surface area contributed by atoms with Crippen LogP contribution >= 0.6 is 11.3 Å². The molecule has 170 valence electrons. The molecule has 0 radical (unpaired) electrons. The van der Waals surface area contributed by atoms with E-state index in [-0.39, 0.29) is 11.4 Å². The standard InChI is InChI=1S/C25H25N3O3S2/c1-17-10-11-18(2)23-22(17)28(4)25(32-23)26-24(29)20-12-14-21(15-13-20)33(30,31)27(3)16-19-8-6-5-7-9-19/h5-15H,16H2,1-4H3. The third-order valence-electron chi connectivity index (χ3n) is 5.60. The van der Waals surface area contributed by atoms with Crippen LogP contribution in [-0.2, 0) is 23.6 Å². The van der Waals surface area contributed by atoms with Crippen molar-refractivity contribution in [3.05, 3.63) is 93.8 Å². The summed E-state index contributed by atoms with van der Waals surface area (Å²) in [6.07, 6.45) is 0. The zero-order valence-corrected chi connectivity index (χ0v) is 20.6. The summed E-state index contributed by atoms with van der Waals surface area (Å²) in [5.41, 5.74) is 4.56. The monoisotopic (exact) mass is 479 g/mol. The van der Waals surface area contributed by atoms with E-state index < -0.39 is 15.9 Å². The molecule has 33 heavy (non-hydrogen) atoms. The van der Waals surface area contributed by atoms with Crippen LogP contribution in [0.1, 0.15) is 27.0 Å². The van der Waals surface area contributed by atoms with Crippen molar-refractivity contribution >= 4 is 37.5 Å². The zero-order valence-electron chi connectivity index (χ0n) is 18.9. The minimum atomic E-state index is -3.68. The molecule has 1 heterocycles. The molecule has 1 amide bonds. The van der Waals surface area contributed by atoms with Crippen molar-refractivity contribution in [1.82, 2.24) is 8.87 Å². The maximum atomic E-state index is 12.9. The van der Waals surface area contributed by atoms with Crippen LogP contribution in [0.5, 0.6) is 0 Å². The number of aryl methyl sites for hydroxylation is 3. The van der Waals surface area contributed by atoms with E-state index >= 15 is 0 Å². The van der Waals surface area contributed by atoms with Gasteiger partial charge in [0.25, 0.3) is 5.91 Å². The molecule has 0 bridgehead atoms. The number of benzene rings is 3. The van der Waals surface area contributed by atoms with Crippen molar-refractivity contribution in [2.75, 3.05) is 7.05 Å². The average Bonchev–Trinajstić information content (AvgIpc) is 3.14. The summed E-state index contributed by atoms with van der Waals surface area (Å²) in [7, 11) is -0.240. The molecule has 0 aliphatic carbocycles. The van der Waals surface area contributed by atoms with Gasteiger partial charge in [-0.05, 0) is 54.8 Å². The van der Waals surface area contributed by atoms with Gasteiger partial charge in [-0.3, -0.25) is 4.79 Å². The molecular weight excluding hydrogens is 454 g/mol. The van der Waals surface area contributed by atoms with Crippen molar-refractivity contribution < 1.29 is 13.2 Å². The second-order valence-corrected chi connectivity index (χ2v) is 11.0. The first-order valence-corrected chi connectivity index (χ1v) is 12.7. The quantitative estimate of drug-likeness (QED) is 0.425. The molecule has 0 unspecified atom stereocenters. The van der Waals surface area contributed by atoms with Gasteiger partial charge in [0.05, 0.1) is 15.1 Å². The fourth-order valence-corrected chi connectivity index (χ4v) is 6.02. The van der Waals surface area contributed by atoms with Gasteiger partial charge in [0.2, 0.25) is 10.0 Å². The van der Waals surface area contributed by atoms with E-state index in [1.807, 2.05) is 55.8 Å². The van der Waals surface area contributed by atoms with E-state index in [9.17, 15) is 13.2 Å². The molecule has 0 aliphatic heterocycles. The molecular formula is C25H25N3O3S2. The summed E-state index contributed by atoms with van der Waals surface area (Å²) < 4.78 is 30.2. The van der Waals surface area contributed by atoms with Gasteiger partial charge in [0, 0.05) is 26.2 Å². The van der Waals surface area contributed by atoms with E-state index in [1.54, 1.807) is 7.05 Å². The van der Waals surface area contributed by atoms with E-state index in [0.717, 1.165) is 26.9 Å². The van der Waals surface area contributed by atoms with Crippen LogP contribution in [0.15, 0.2) is 76.6 Å². The van der Waals surface area contributed by atoms with Crippen LogP contribution in [-0.4, -0.2) is 30.2 Å². The first-order chi connectivity index (χ1) is 15.7. The van der Waals surface area contributed by atoms with E-state index in [2.05, 4.69) is 17.1 Å². The number of thiazole rings is 1. The number of amides is 1. The number of sulfonamides is 1. The molecule has 0 saturated heterocycles. The molecule has 4 rings (SSSR count). The number of rotatable bonds is 5. The van der Waals surface area contributed by atoms with Gasteiger partial charge < -0.3 is 4.57 Å². The molecule has 6 nitrogen and oxygen atoms in total. The molecule has 0 fully saturated rings. The van der Waals surface area contributed by atoms with E-state index in [4.69, 9.17) is 0 Å². The summed E-state index contributed by atoms with van der Waals surface area (Å²) in [5.74, 6) is -0.408.